The second-order valence-electron chi connectivity index (χ2n) is 5.80. The molecule has 0 aliphatic heterocycles. The predicted octanol–water partition coefficient (Wildman–Crippen LogP) is 3.16. The van der Waals surface area contributed by atoms with Gasteiger partial charge < -0.3 is 14.4 Å². The van der Waals surface area contributed by atoms with E-state index in [1.807, 2.05) is 27.7 Å². The maximum Gasteiger partial charge on any atom is 0.258 e. The van der Waals surface area contributed by atoms with Crippen LogP contribution < -0.4 is 20.1 Å². The molecule has 0 aliphatic rings. The van der Waals surface area contributed by atoms with E-state index in [4.69, 9.17) is 9.47 Å². The van der Waals surface area contributed by atoms with Crippen LogP contribution in [0.3, 0.4) is 0 Å². The van der Waals surface area contributed by atoms with E-state index in [1.165, 1.54) is 0 Å². The van der Waals surface area contributed by atoms with E-state index in [0.29, 0.717) is 10.6 Å². The van der Waals surface area contributed by atoms with E-state index in [-0.39, 0.29) is 0 Å². The minimum atomic E-state index is -3.68. The van der Waals surface area contributed by atoms with Crippen LogP contribution in [0.2, 0.25) is 0 Å². The Morgan fingerprint density at radius 3 is 1.22 bits per heavy atom. The van der Waals surface area contributed by atoms with Crippen LogP contribution in [0, 0.1) is 27.7 Å². The van der Waals surface area contributed by atoms with Gasteiger partial charge in [0, 0.05) is 10.6 Å². The molecule has 5 heteroatoms. The van der Waals surface area contributed by atoms with Gasteiger partial charge in [0.2, 0.25) is 0 Å². The molecule has 0 heterocycles. The number of benzene rings is 2. The lowest BCUT2D eigenvalue weighted by molar-refractivity contribution is 0.408. The largest absolute Gasteiger partial charge is 0.496 e. The minimum Gasteiger partial charge on any atom is -0.496 e. The Bertz CT molecular complexity index is 686. The first-order valence-corrected chi connectivity index (χ1v) is 9.02. The molecule has 0 bridgehead atoms. The molecule has 23 heavy (non-hydrogen) atoms. The number of hydrogen-bond acceptors (Lipinski definition) is 3. The van der Waals surface area contributed by atoms with Crippen LogP contribution in [-0.4, -0.2) is 19.1 Å². The highest BCUT2D eigenvalue weighted by molar-refractivity contribution is 7.73. The van der Waals surface area contributed by atoms with Crippen LogP contribution >= 0.6 is 7.37 Å². The van der Waals surface area contributed by atoms with Crippen LogP contribution in [0.15, 0.2) is 24.3 Å². The van der Waals surface area contributed by atoms with Gasteiger partial charge in [-0.1, -0.05) is 0 Å². The van der Waals surface area contributed by atoms with Crippen LogP contribution in [0.25, 0.3) is 0 Å². The molecule has 0 amide bonds. The summed E-state index contributed by atoms with van der Waals surface area (Å²) in [7, 11) is -0.475. The van der Waals surface area contributed by atoms with Gasteiger partial charge in [0.1, 0.15) is 11.5 Å². The lowest BCUT2D eigenvalue weighted by Gasteiger charge is -2.18. The van der Waals surface area contributed by atoms with Crippen molar-refractivity contribution in [1.82, 2.24) is 0 Å². The summed E-state index contributed by atoms with van der Waals surface area (Å²) in [6.07, 6.45) is 0. The van der Waals surface area contributed by atoms with Gasteiger partial charge in [0.05, 0.1) is 14.2 Å². The van der Waals surface area contributed by atoms with Gasteiger partial charge in [-0.25, -0.2) is 0 Å². The Hall–Kier alpha value is -1.77. The van der Waals surface area contributed by atoms with E-state index in [2.05, 4.69) is 0 Å². The molecule has 1 N–H and O–H groups in total. The smallest absolute Gasteiger partial charge is 0.258 e. The number of hydrogen-bond donors (Lipinski definition) is 1. The van der Waals surface area contributed by atoms with Crippen molar-refractivity contribution in [1.29, 1.82) is 0 Å². The average Bonchev–Trinajstić information content (AvgIpc) is 2.46. The summed E-state index contributed by atoms with van der Waals surface area (Å²) in [5.41, 5.74) is 3.38. The Balaban J connectivity index is 2.61. The molecule has 0 atom stereocenters. The molecular formula is C18H23O4P. The predicted molar refractivity (Wildman–Crippen MR) is 94.0 cm³/mol. The molecule has 124 valence electrons. The van der Waals surface area contributed by atoms with Crippen molar-refractivity contribution in [3.05, 3.63) is 46.5 Å². The fourth-order valence-corrected chi connectivity index (χ4v) is 4.77. The van der Waals surface area contributed by atoms with E-state index in [0.717, 1.165) is 33.8 Å². The molecule has 2 aromatic rings. The summed E-state index contributed by atoms with van der Waals surface area (Å²) in [6, 6.07) is 6.89. The highest BCUT2D eigenvalue weighted by Crippen LogP contribution is 2.41. The van der Waals surface area contributed by atoms with E-state index in [1.54, 1.807) is 38.5 Å². The Kier molecular flexibility index (Phi) is 4.88. The fourth-order valence-electron chi connectivity index (χ4n) is 3.00. The molecule has 0 aromatic heterocycles. The number of methoxy groups -OCH3 is 2. The second kappa shape index (κ2) is 6.38. The minimum absolute atomic E-state index is 0.414. The maximum absolute atomic E-state index is 13.1. The number of aryl methyl sites for hydroxylation is 4. The van der Waals surface area contributed by atoms with Gasteiger partial charge in [-0.3, -0.25) is 4.57 Å². The van der Waals surface area contributed by atoms with Gasteiger partial charge in [-0.05, 0) is 74.2 Å². The second-order valence-corrected chi connectivity index (χ2v) is 7.99. The zero-order valence-electron chi connectivity index (χ0n) is 14.4. The number of ether oxygens (including phenoxy) is 2. The maximum atomic E-state index is 13.1. The van der Waals surface area contributed by atoms with Gasteiger partial charge >= 0.3 is 0 Å². The van der Waals surface area contributed by atoms with Gasteiger partial charge in [-0.2, -0.15) is 0 Å². The summed E-state index contributed by atoms with van der Waals surface area (Å²) in [5.74, 6) is 1.49. The summed E-state index contributed by atoms with van der Waals surface area (Å²) in [6.45, 7) is 7.50. The quantitative estimate of drug-likeness (QED) is 0.873. The molecule has 4 nitrogen and oxygen atoms in total. The van der Waals surface area contributed by atoms with Crippen LogP contribution in [0.1, 0.15) is 22.3 Å². The van der Waals surface area contributed by atoms with Crippen LogP contribution in [-0.2, 0) is 4.57 Å². The lowest BCUT2D eigenvalue weighted by Crippen LogP contribution is -2.18. The molecule has 0 fully saturated rings. The van der Waals surface area contributed by atoms with Crippen molar-refractivity contribution < 1.29 is 18.9 Å². The summed E-state index contributed by atoms with van der Waals surface area (Å²) >= 11 is 0. The molecule has 2 aromatic carbocycles. The van der Waals surface area contributed by atoms with Crippen molar-refractivity contribution in [3.8, 4) is 11.5 Å². The van der Waals surface area contributed by atoms with Gasteiger partial charge in [0.25, 0.3) is 7.37 Å². The molecular weight excluding hydrogens is 311 g/mol. The monoisotopic (exact) mass is 334 g/mol. The summed E-state index contributed by atoms with van der Waals surface area (Å²) < 4.78 is 23.8. The summed E-state index contributed by atoms with van der Waals surface area (Å²) in [5, 5.41) is 0.828. The zero-order valence-corrected chi connectivity index (χ0v) is 15.3. The third kappa shape index (κ3) is 3.15. The highest BCUT2D eigenvalue weighted by Gasteiger charge is 2.27. The van der Waals surface area contributed by atoms with Crippen molar-refractivity contribution in [2.24, 2.45) is 0 Å². The standard InChI is InChI=1S/C18H23O4P/c1-11-7-15(8-12(2)17(11)21-5)23(19,20)16-9-13(3)18(22-6)14(4)10-16/h7-10H,1-6H3,(H,19,20). The molecule has 0 spiro atoms. The Morgan fingerprint density at radius 2 is 1.00 bits per heavy atom. The van der Waals surface area contributed by atoms with E-state index < -0.39 is 7.37 Å². The lowest BCUT2D eigenvalue weighted by atomic mass is 10.1. The third-order valence-electron chi connectivity index (χ3n) is 4.00. The molecule has 2 rings (SSSR count). The van der Waals surface area contributed by atoms with Gasteiger partial charge in [0.15, 0.2) is 0 Å². The summed E-state index contributed by atoms with van der Waals surface area (Å²) in [4.78, 5) is 10.8. The first-order chi connectivity index (χ1) is 10.7. The van der Waals surface area contributed by atoms with Crippen molar-refractivity contribution >= 4 is 18.0 Å². The molecule has 0 saturated carbocycles. The first-order valence-electron chi connectivity index (χ1n) is 7.36. The van der Waals surface area contributed by atoms with Crippen molar-refractivity contribution in [2.75, 3.05) is 14.2 Å². The van der Waals surface area contributed by atoms with Crippen molar-refractivity contribution in [3.63, 3.8) is 0 Å². The number of rotatable bonds is 4. The van der Waals surface area contributed by atoms with Crippen LogP contribution in [0.5, 0.6) is 11.5 Å². The molecule has 0 radical (unpaired) electrons. The third-order valence-corrected chi connectivity index (χ3v) is 5.91. The molecule has 0 unspecified atom stereocenters. The van der Waals surface area contributed by atoms with Gasteiger partial charge in [-0.15, -0.1) is 0 Å². The normalized spacial score (nSPS) is 11.4. The molecule has 0 saturated heterocycles. The first kappa shape index (κ1) is 17.6. The Labute approximate surface area is 137 Å². The average molecular weight is 334 g/mol. The SMILES string of the molecule is COc1c(C)cc(P(=O)(O)c2cc(C)c(OC)c(C)c2)cc1C. The van der Waals surface area contributed by atoms with E-state index >= 15 is 0 Å². The van der Waals surface area contributed by atoms with Crippen molar-refractivity contribution in [2.45, 2.75) is 27.7 Å². The van der Waals surface area contributed by atoms with E-state index in [9.17, 15) is 9.46 Å². The highest BCUT2D eigenvalue weighted by atomic mass is 31.2. The van der Waals surface area contributed by atoms with Crippen LogP contribution in [0.4, 0.5) is 0 Å². The molecule has 0 aliphatic carbocycles. The fraction of sp³-hybridized carbons (Fsp3) is 0.333. The zero-order chi connectivity index (χ0) is 17.4. The topological polar surface area (TPSA) is 55.8 Å². The Morgan fingerprint density at radius 1 is 0.739 bits per heavy atom.